The van der Waals surface area contributed by atoms with Crippen LogP contribution in [0.2, 0.25) is 0 Å². The number of rotatable bonds is 7. The smallest absolute Gasteiger partial charge is 0.127 e. The Morgan fingerprint density at radius 3 is 2.48 bits per heavy atom. The summed E-state index contributed by atoms with van der Waals surface area (Å²) in [6.07, 6.45) is 15.6. The number of aryl methyl sites for hydroxylation is 1. The van der Waals surface area contributed by atoms with E-state index in [0.29, 0.717) is 12.0 Å². The lowest BCUT2D eigenvalue weighted by atomic mass is 9.88. The molecule has 118 valence electrons. The van der Waals surface area contributed by atoms with Crippen LogP contribution < -0.4 is 5.73 Å². The van der Waals surface area contributed by atoms with Crippen LogP contribution in [0.15, 0.2) is 0 Å². The molecule has 2 N–H and O–H groups in total. The number of nitrogen functional groups attached to an aromatic ring is 1. The van der Waals surface area contributed by atoms with Crippen molar-refractivity contribution in [3.8, 4) is 0 Å². The third-order valence-electron chi connectivity index (χ3n) is 5.20. The molecule has 2 aliphatic rings. The summed E-state index contributed by atoms with van der Waals surface area (Å²) in [7, 11) is 0. The Hall–Kier alpha value is -0.990. The van der Waals surface area contributed by atoms with Gasteiger partial charge in [0.05, 0.1) is 5.69 Å². The molecule has 2 fully saturated rings. The van der Waals surface area contributed by atoms with E-state index < -0.39 is 0 Å². The first-order valence-corrected chi connectivity index (χ1v) is 9.17. The molecule has 0 aliphatic heterocycles. The minimum Gasteiger partial charge on any atom is -0.384 e. The molecule has 0 radical (unpaired) electrons. The molecule has 3 nitrogen and oxygen atoms in total. The predicted octanol–water partition coefficient (Wildman–Crippen LogP) is 4.97. The molecule has 0 saturated heterocycles. The van der Waals surface area contributed by atoms with E-state index >= 15 is 0 Å². The minimum atomic E-state index is 0.666. The summed E-state index contributed by atoms with van der Waals surface area (Å²) in [4.78, 5) is 5.03. The van der Waals surface area contributed by atoms with Crippen molar-refractivity contribution in [3.05, 3.63) is 11.5 Å². The molecule has 3 rings (SSSR count). The summed E-state index contributed by atoms with van der Waals surface area (Å²) in [6.45, 7) is 2.26. The molecule has 1 aromatic rings. The van der Waals surface area contributed by atoms with Gasteiger partial charge in [-0.3, -0.25) is 0 Å². The van der Waals surface area contributed by atoms with Crippen LogP contribution >= 0.6 is 0 Å². The van der Waals surface area contributed by atoms with Crippen molar-refractivity contribution in [1.82, 2.24) is 9.55 Å². The first-order chi connectivity index (χ1) is 10.3. The summed E-state index contributed by atoms with van der Waals surface area (Å²) < 4.78 is 2.42. The molecular weight excluding hydrogens is 258 g/mol. The zero-order valence-corrected chi connectivity index (χ0v) is 13.6. The first-order valence-electron chi connectivity index (χ1n) is 9.17. The second-order valence-corrected chi connectivity index (χ2v) is 7.05. The highest BCUT2D eigenvalue weighted by Crippen LogP contribution is 2.43. The third kappa shape index (κ3) is 3.44. The molecule has 0 atom stereocenters. The van der Waals surface area contributed by atoms with E-state index in [1.807, 2.05) is 0 Å². The third-order valence-corrected chi connectivity index (χ3v) is 5.20. The van der Waals surface area contributed by atoms with Gasteiger partial charge < -0.3 is 10.3 Å². The van der Waals surface area contributed by atoms with Gasteiger partial charge >= 0.3 is 0 Å². The normalized spacial score (nSPS) is 20.0. The van der Waals surface area contributed by atoms with E-state index in [9.17, 15) is 0 Å². The van der Waals surface area contributed by atoms with Crippen molar-refractivity contribution in [2.75, 3.05) is 5.73 Å². The van der Waals surface area contributed by atoms with Crippen LogP contribution in [-0.4, -0.2) is 9.55 Å². The van der Waals surface area contributed by atoms with E-state index in [1.54, 1.807) is 0 Å². The Balaban J connectivity index is 1.74. The average molecular weight is 289 g/mol. The Morgan fingerprint density at radius 2 is 1.81 bits per heavy atom. The van der Waals surface area contributed by atoms with E-state index in [1.165, 1.54) is 82.1 Å². The molecule has 1 heterocycles. The summed E-state index contributed by atoms with van der Waals surface area (Å²) in [5.74, 6) is 3.00. The fourth-order valence-electron chi connectivity index (χ4n) is 3.78. The van der Waals surface area contributed by atoms with Gasteiger partial charge in [-0.2, -0.15) is 0 Å². The van der Waals surface area contributed by atoms with Gasteiger partial charge in [-0.15, -0.1) is 0 Å². The number of imidazole rings is 1. The maximum atomic E-state index is 6.47. The fraction of sp³-hybridized carbons (Fsp3) is 0.833. The maximum Gasteiger partial charge on any atom is 0.127 e. The monoisotopic (exact) mass is 289 g/mol. The summed E-state index contributed by atoms with van der Waals surface area (Å²) >= 11 is 0. The molecular formula is C18H31N3. The van der Waals surface area contributed by atoms with Gasteiger partial charge in [-0.1, -0.05) is 45.4 Å². The van der Waals surface area contributed by atoms with Gasteiger partial charge in [0.1, 0.15) is 11.6 Å². The van der Waals surface area contributed by atoms with Gasteiger partial charge in [0, 0.05) is 12.0 Å². The van der Waals surface area contributed by atoms with Crippen LogP contribution in [0.5, 0.6) is 0 Å². The molecule has 3 heteroatoms. The SMILES string of the molecule is CCCCCCc1nc(C2CCCCC2)n(C2CC2)c1N. The van der Waals surface area contributed by atoms with Crippen molar-refractivity contribution in [3.63, 3.8) is 0 Å². The quantitative estimate of drug-likeness (QED) is 0.720. The topological polar surface area (TPSA) is 43.8 Å². The standard InChI is InChI=1S/C18H31N3/c1-2-3-4-8-11-16-17(19)21(15-12-13-15)18(20-16)14-9-6-5-7-10-14/h14-15H,2-13,19H2,1H3. The van der Waals surface area contributed by atoms with E-state index in [-0.39, 0.29) is 0 Å². The van der Waals surface area contributed by atoms with E-state index in [4.69, 9.17) is 10.7 Å². The lowest BCUT2D eigenvalue weighted by Gasteiger charge is -2.22. The van der Waals surface area contributed by atoms with Gasteiger partial charge in [0.25, 0.3) is 0 Å². The second kappa shape index (κ2) is 6.85. The molecule has 1 aromatic heterocycles. The van der Waals surface area contributed by atoms with Crippen molar-refractivity contribution < 1.29 is 0 Å². The summed E-state index contributed by atoms with van der Waals surface area (Å²) in [5.41, 5.74) is 7.66. The number of hydrogen-bond acceptors (Lipinski definition) is 2. The Bertz CT molecular complexity index is 453. The van der Waals surface area contributed by atoms with Gasteiger partial charge in [-0.25, -0.2) is 4.98 Å². The highest BCUT2D eigenvalue weighted by Gasteiger charge is 2.32. The van der Waals surface area contributed by atoms with E-state index in [2.05, 4.69) is 11.5 Å². The highest BCUT2D eigenvalue weighted by molar-refractivity contribution is 5.40. The minimum absolute atomic E-state index is 0.666. The molecule has 0 unspecified atom stereocenters. The Morgan fingerprint density at radius 1 is 1.05 bits per heavy atom. The lowest BCUT2D eigenvalue weighted by molar-refractivity contribution is 0.416. The molecule has 2 aliphatic carbocycles. The summed E-state index contributed by atoms with van der Waals surface area (Å²) in [5, 5.41) is 0. The van der Waals surface area contributed by atoms with Crippen LogP contribution in [0.4, 0.5) is 5.82 Å². The highest BCUT2D eigenvalue weighted by atomic mass is 15.2. The van der Waals surface area contributed by atoms with Crippen LogP contribution in [0, 0.1) is 0 Å². The largest absolute Gasteiger partial charge is 0.384 e. The predicted molar refractivity (Wildman–Crippen MR) is 88.6 cm³/mol. The molecule has 21 heavy (non-hydrogen) atoms. The molecule has 0 spiro atoms. The van der Waals surface area contributed by atoms with Crippen LogP contribution in [0.1, 0.15) is 101 Å². The summed E-state index contributed by atoms with van der Waals surface area (Å²) in [6, 6.07) is 0.666. The van der Waals surface area contributed by atoms with E-state index in [0.717, 1.165) is 12.2 Å². The number of hydrogen-bond donors (Lipinski definition) is 1. The second-order valence-electron chi connectivity index (χ2n) is 7.05. The zero-order chi connectivity index (χ0) is 14.7. The van der Waals surface area contributed by atoms with Crippen LogP contribution in [0.3, 0.4) is 0 Å². The van der Waals surface area contributed by atoms with Crippen molar-refractivity contribution in [2.24, 2.45) is 0 Å². The van der Waals surface area contributed by atoms with Gasteiger partial charge in [-0.05, 0) is 38.5 Å². The molecule has 0 amide bonds. The van der Waals surface area contributed by atoms with Crippen molar-refractivity contribution in [2.45, 2.75) is 95.9 Å². The average Bonchev–Trinajstić information content (AvgIpc) is 3.29. The zero-order valence-electron chi connectivity index (χ0n) is 13.6. The Kier molecular flexibility index (Phi) is 4.87. The van der Waals surface area contributed by atoms with Crippen molar-refractivity contribution >= 4 is 5.82 Å². The number of nitrogens with two attached hydrogens (primary N) is 1. The molecule has 0 bridgehead atoms. The number of nitrogens with zero attached hydrogens (tertiary/aromatic N) is 2. The molecule has 2 saturated carbocycles. The fourth-order valence-corrected chi connectivity index (χ4v) is 3.78. The maximum absolute atomic E-state index is 6.47. The Labute approximate surface area is 129 Å². The number of aromatic nitrogens is 2. The molecule has 0 aromatic carbocycles. The lowest BCUT2D eigenvalue weighted by Crippen LogP contribution is -2.12. The van der Waals surface area contributed by atoms with Gasteiger partial charge in [0.15, 0.2) is 0 Å². The number of unbranched alkanes of at least 4 members (excludes halogenated alkanes) is 3. The van der Waals surface area contributed by atoms with Crippen LogP contribution in [0.25, 0.3) is 0 Å². The first kappa shape index (κ1) is 14.9. The van der Waals surface area contributed by atoms with Crippen LogP contribution in [-0.2, 0) is 6.42 Å². The van der Waals surface area contributed by atoms with Gasteiger partial charge in [0.2, 0.25) is 0 Å². The number of anilines is 1. The van der Waals surface area contributed by atoms with Crippen molar-refractivity contribution in [1.29, 1.82) is 0 Å².